The Balaban J connectivity index is 1.50. The SMILES string of the molecule is O=C(c1ccc(NS(=O)[O-])cc1)N1CCN2Cc3cc(F)c(F)c(c3)C3CCCCCC[C@H]3[C@H]1C2. The molecule has 0 spiro atoms. The maximum atomic E-state index is 15.1. The van der Waals surface area contributed by atoms with E-state index in [0.29, 0.717) is 43.0 Å². The average Bonchev–Trinajstić information content (AvgIpc) is 2.84. The van der Waals surface area contributed by atoms with Crippen molar-refractivity contribution in [3.05, 3.63) is 64.7 Å². The first-order chi connectivity index (χ1) is 16.9. The summed E-state index contributed by atoms with van der Waals surface area (Å²) in [5, 5.41) is 0. The van der Waals surface area contributed by atoms with Crippen LogP contribution in [0, 0.1) is 17.6 Å². The third-order valence-corrected chi connectivity index (χ3v) is 8.23. The van der Waals surface area contributed by atoms with E-state index in [-0.39, 0.29) is 23.8 Å². The number of piperazine rings is 1. The number of benzene rings is 2. The smallest absolute Gasteiger partial charge is 0.254 e. The van der Waals surface area contributed by atoms with E-state index in [9.17, 15) is 17.9 Å². The summed E-state index contributed by atoms with van der Waals surface area (Å²) in [6.07, 6.45) is 5.83. The molecule has 2 heterocycles. The van der Waals surface area contributed by atoms with Crippen LogP contribution in [0.2, 0.25) is 0 Å². The Bertz CT molecular complexity index is 1110. The van der Waals surface area contributed by atoms with Gasteiger partial charge < -0.3 is 14.2 Å². The fraction of sp³-hybridized carbons (Fsp3) is 0.500. The van der Waals surface area contributed by atoms with Gasteiger partial charge in [0.1, 0.15) is 0 Å². The van der Waals surface area contributed by atoms with Crippen LogP contribution in [0.5, 0.6) is 0 Å². The van der Waals surface area contributed by atoms with Crippen molar-refractivity contribution in [1.82, 2.24) is 9.80 Å². The van der Waals surface area contributed by atoms with Crippen molar-refractivity contribution < 1.29 is 22.3 Å². The van der Waals surface area contributed by atoms with Gasteiger partial charge in [0.15, 0.2) is 11.6 Å². The molecule has 1 amide bonds. The molecule has 1 aliphatic carbocycles. The summed E-state index contributed by atoms with van der Waals surface area (Å²) in [5.41, 5.74) is 2.13. The Morgan fingerprint density at radius 3 is 2.51 bits per heavy atom. The molecular weight excluding hydrogens is 472 g/mol. The zero-order valence-electron chi connectivity index (χ0n) is 19.6. The number of hydrogen-bond acceptors (Lipinski definition) is 4. The summed E-state index contributed by atoms with van der Waals surface area (Å²) < 4.78 is 53.9. The summed E-state index contributed by atoms with van der Waals surface area (Å²) >= 11 is -2.43. The van der Waals surface area contributed by atoms with Crippen molar-refractivity contribution in [1.29, 1.82) is 0 Å². The minimum Gasteiger partial charge on any atom is -0.755 e. The van der Waals surface area contributed by atoms with Crippen LogP contribution in [-0.2, 0) is 17.8 Å². The van der Waals surface area contributed by atoms with Gasteiger partial charge >= 0.3 is 0 Å². The van der Waals surface area contributed by atoms with Crippen LogP contribution in [0.15, 0.2) is 36.4 Å². The molecule has 4 bridgehead atoms. The maximum absolute atomic E-state index is 15.1. The summed E-state index contributed by atoms with van der Waals surface area (Å²) in [6.45, 7) is 2.40. The molecule has 3 aliphatic rings. The number of carbonyl (C=O) groups excluding carboxylic acids is 1. The summed E-state index contributed by atoms with van der Waals surface area (Å²) in [7, 11) is 0. The van der Waals surface area contributed by atoms with Crippen molar-refractivity contribution in [3.63, 3.8) is 0 Å². The standard InChI is InChI=1S/C26H31F2N3O3S/c27-23-14-17-13-22(25(23)28)20-5-3-1-2-4-6-21(20)24-16-30(15-17)11-12-31(24)26(32)18-7-9-19(10-8-18)29-35(33)34/h7-10,13-14,20-21,24,29H,1-6,11-12,15-16H2,(H,33,34)/p-1/t20?,21-,24-/m1/s1. The van der Waals surface area contributed by atoms with E-state index in [1.807, 2.05) is 11.0 Å². The highest BCUT2D eigenvalue weighted by atomic mass is 32.2. The maximum Gasteiger partial charge on any atom is 0.254 e. The van der Waals surface area contributed by atoms with Gasteiger partial charge in [-0.05, 0) is 66.1 Å². The van der Waals surface area contributed by atoms with Crippen molar-refractivity contribution in [2.75, 3.05) is 24.4 Å². The van der Waals surface area contributed by atoms with Crippen LogP contribution in [0.25, 0.3) is 0 Å². The van der Waals surface area contributed by atoms with Crippen molar-refractivity contribution in [2.45, 2.75) is 57.0 Å². The first-order valence-electron chi connectivity index (χ1n) is 12.4. The van der Waals surface area contributed by atoms with E-state index in [1.165, 1.54) is 6.07 Å². The molecule has 6 nitrogen and oxygen atoms in total. The van der Waals surface area contributed by atoms with Gasteiger partial charge in [-0.15, -0.1) is 0 Å². The summed E-state index contributed by atoms with van der Waals surface area (Å²) in [5.74, 6) is -1.73. The number of fused-ring (bicyclic) bond motifs is 7. The van der Waals surface area contributed by atoms with Gasteiger partial charge in [0.2, 0.25) is 0 Å². The zero-order chi connectivity index (χ0) is 24.5. The highest BCUT2D eigenvalue weighted by molar-refractivity contribution is 7.80. The summed E-state index contributed by atoms with van der Waals surface area (Å²) in [4.78, 5) is 17.9. The minimum absolute atomic E-state index is 0.0353. The van der Waals surface area contributed by atoms with E-state index in [0.717, 1.165) is 44.1 Å². The van der Waals surface area contributed by atoms with Gasteiger partial charge in [-0.25, -0.2) is 8.78 Å². The minimum atomic E-state index is -2.43. The molecule has 3 unspecified atom stereocenters. The van der Waals surface area contributed by atoms with Gasteiger partial charge in [0.05, 0.1) is 0 Å². The third-order valence-electron chi connectivity index (χ3n) is 7.83. The van der Waals surface area contributed by atoms with Gasteiger partial charge in [0, 0.05) is 54.7 Å². The lowest BCUT2D eigenvalue weighted by Crippen LogP contribution is -2.58. The van der Waals surface area contributed by atoms with E-state index < -0.39 is 22.9 Å². The fourth-order valence-electron chi connectivity index (χ4n) is 6.22. The van der Waals surface area contributed by atoms with Gasteiger partial charge in [0.25, 0.3) is 5.91 Å². The Morgan fingerprint density at radius 1 is 1.03 bits per heavy atom. The number of hydrogen-bond donors (Lipinski definition) is 1. The van der Waals surface area contributed by atoms with Gasteiger partial charge in [-0.2, -0.15) is 0 Å². The molecule has 9 heteroatoms. The second-order valence-corrected chi connectivity index (χ2v) is 10.6. The third kappa shape index (κ3) is 5.13. The lowest BCUT2D eigenvalue weighted by atomic mass is 9.73. The number of carbonyl (C=O) groups is 1. The molecule has 188 valence electrons. The first-order valence-corrected chi connectivity index (χ1v) is 13.5. The molecule has 0 aromatic heterocycles. The van der Waals surface area contributed by atoms with E-state index in [1.54, 1.807) is 24.3 Å². The molecule has 2 aromatic carbocycles. The lowest BCUT2D eigenvalue weighted by Gasteiger charge is -2.47. The van der Waals surface area contributed by atoms with E-state index in [4.69, 9.17) is 0 Å². The van der Waals surface area contributed by atoms with Crippen LogP contribution < -0.4 is 4.72 Å². The molecule has 2 aliphatic heterocycles. The largest absolute Gasteiger partial charge is 0.755 e. The molecule has 2 aromatic rings. The monoisotopic (exact) mass is 502 g/mol. The molecule has 1 N–H and O–H groups in total. The highest BCUT2D eigenvalue weighted by Crippen LogP contribution is 2.43. The topological polar surface area (TPSA) is 75.7 Å². The van der Waals surface area contributed by atoms with Crippen LogP contribution in [0.4, 0.5) is 14.5 Å². The highest BCUT2D eigenvalue weighted by Gasteiger charge is 2.42. The molecule has 5 atom stereocenters. The predicted octanol–water partition coefficient (Wildman–Crippen LogP) is 4.57. The quantitative estimate of drug-likeness (QED) is 0.624. The fourth-order valence-corrected chi connectivity index (χ4v) is 6.55. The van der Waals surface area contributed by atoms with Gasteiger partial charge in [-0.1, -0.05) is 31.7 Å². The Hall–Kier alpha value is -2.36. The second kappa shape index (κ2) is 10.3. The predicted molar refractivity (Wildman–Crippen MR) is 129 cm³/mol. The van der Waals surface area contributed by atoms with E-state index >= 15 is 4.39 Å². The molecule has 5 rings (SSSR count). The number of amides is 1. The Labute approximate surface area is 207 Å². The number of nitrogens with one attached hydrogen (secondary N) is 1. The van der Waals surface area contributed by atoms with Crippen LogP contribution in [0.1, 0.15) is 65.9 Å². The van der Waals surface area contributed by atoms with E-state index in [2.05, 4.69) is 9.62 Å². The van der Waals surface area contributed by atoms with Gasteiger partial charge in [-0.3, -0.25) is 13.9 Å². The number of rotatable bonds is 3. The molecule has 1 saturated carbocycles. The first kappa shape index (κ1) is 24.3. The second-order valence-electron chi connectivity index (χ2n) is 9.96. The zero-order valence-corrected chi connectivity index (χ0v) is 20.4. The Morgan fingerprint density at radius 2 is 1.77 bits per heavy atom. The molecular formula is C26H30F2N3O3S-. The number of anilines is 1. The molecule has 0 radical (unpaired) electrons. The normalized spacial score (nSPS) is 27.3. The van der Waals surface area contributed by atoms with Crippen molar-refractivity contribution in [3.8, 4) is 0 Å². The lowest BCUT2D eigenvalue weighted by molar-refractivity contribution is 0.0213. The number of halogens is 2. The average molecular weight is 503 g/mol. The van der Waals surface area contributed by atoms with Crippen LogP contribution in [0.3, 0.4) is 0 Å². The van der Waals surface area contributed by atoms with Crippen LogP contribution >= 0.6 is 0 Å². The molecule has 35 heavy (non-hydrogen) atoms. The Kier molecular flexibility index (Phi) is 7.18. The van der Waals surface area contributed by atoms with Crippen LogP contribution in [-0.4, -0.2) is 50.1 Å². The number of nitrogens with zero attached hydrogens (tertiary/aromatic N) is 2. The van der Waals surface area contributed by atoms with Crippen molar-refractivity contribution >= 4 is 22.9 Å². The molecule has 1 saturated heterocycles. The van der Waals surface area contributed by atoms with Crippen molar-refractivity contribution in [2.24, 2.45) is 5.92 Å². The summed E-state index contributed by atoms with van der Waals surface area (Å²) in [6, 6.07) is 9.48. The molecule has 2 fully saturated rings.